The van der Waals surface area contributed by atoms with Crippen molar-refractivity contribution in [3.8, 4) is 0 Å². The normalized spacial score (nSPS) is 10.9. The van der Waals surface area contributed by atoms with Crippen molar-refractivity contribution in [2.24, 2.45) is 0 Å². The van der Waals surface area contributed by atoms with Crippen LogP contribution in [0.3, 0.4) is 0 Å². The number of imidazole rings is 1. The number of rotatable bonds is 4. The van der Waals surface area contributed by atoms with Gasteiger partial charge in [0.1, 0.15) is 0 Å². The van der Waals surface area contributed by atoms with E-state index in [1.54, 1.807) is 48.8 Å². The molecule has 5 nitrogen and oxygen atoms in total. The van der Waals surface area contributed by atoms with E-state index >= 15 is 0 Å². The molecule has 4 aromatic carbocycles. The zero-order chi connectivity index (χ0) is 20.5. The number of nitrogens with zero attached hydrogens (tertiary/aromatic N) is 1. The van der Waals surface area contributed by atoms with Crippen LogP contribution in [0.2, 0.25) is 0 Å². The summed E-state index contributed by atoms with van der Waals surface area (Å²) in [6.45, 7) is 0. The van der Waals surface area contributed by atoms with E-state index in [0.29, 0.717) is 22.4 Å². The predicted octanol–water partition coefficient (Wildman–Crippen LogP) is 5.20. The lowest BCUT2D eigenvalue weighted by Crippen LogP contribution is -2.12. The summed E-state index contributed by atoms with van der Waals surface area (Å²) < 4.78 is 0. The third-order valence-corrected chi connectivity index (χ3v) is 5.10. The molecule has 0 spiro atoms. The summed E-state index contributed by atoms with van der Waals surface area (Å²) in [4.78, 5) is 32.5. The fraction of sp³-hybridized carbons (Fsp3) is 0. The monoisotopic (exact) mass is 391 g/mol. The molecule has 1 amide bonds. The molecular weight excluding hydrogens is 374 g/mol. The minimum absolute atomic E-state index is 0.0525. The number of anilines is 1. The topological polar surface area (TPSA) is 74.8 Å². The molecule has 5 aromatic rings. The largest absolute Gasteiger partial charge is 0.345 e. The first kappa shape index (κ1) is 17.8. The fourth-order valence-corrected chi connectivity index (χ4v) is 3.48. The van der Waals surface area contributed by atoms with Crippen LogP contribution in [0.4, 0.5) is 5.69 Å². The summed E-state index contributed by atoms with van der Waals surface area (Å²) in [7, 11) is 0. The number of nitrogens with one attached hydrogen (secondary N) is 2. The first-order chi connectivity index (χ1) is 14.7. The Balaban J connectivity index is 1.34. The first-order valence-electron chi connectivity index (χ1n) is 9.55. The van der Waals surface area contributed by atoms with Crippen LogP contribution in [0.25, 0.3) is 21.8 Å². The van der Waals surface area contributed by atoms with E-state index < -0.39 is 0 Å². The van der Waals surface area contributed by atoms with Crippen molar-refractivity contribution in [3.63, 3.8) is 0 Å². The van der Waals surface area contributed by atoms with Crippen LogP contribution in [0.15, 0.2) is 91.3 Å². The van der Waals surface area contributed by atoms with Gasteiger partial charge < -0.3 is 10.3 Å². The molecule has 0 unspecified atom stereocenters. The molecule has 2 N–H and O–H groups in total. The number of amides is 1. The van der Waals surface area contributed by atoms with Crippen LogP contribution in [0.5, 0.6) is 0 Å². The van der Waals surface area contributed by atoms with E-state index in [9.17, 15) is 9.59 Å². The Morgan fingerprint density at radius 1 is 0.733 bits per heavy atom. The van der Waals surface area contributed by atoms with Crippen molar-refractivity contribution in [2.75, 3.05) is 5.32 Å². The molecule has 0 aliphatic carbocycles. The summed E-state index contributed by atoms with van der Waals surface area (Å²) in [6.07, 6.45) is 1.59. The second kappa shape index (κ2) is 7.29. The third kappa shape index (κ3) is 3.33. The molecule has 5 heteroatoms. The average molecular weight is 391 g/mol. The number of ketones is 1. The molecule has 0 aliphatic heterocycles. The molecule has 144 valence electrons. The van der Waals surface area contributed by atoms with Gasteiger partial charge in [0.25, 0.3) is 5.91 Å². The van der Waals surface area contributed by atoms with Gasteiger partial charge in [-0.15, -0.1) is 0 Å². The number of benzene rings is 4. The smallest absolute Gasteiger partial charge is 0.255 e. The van der Waals surface area contributed by atoms with Crippen molar-refractivity contribution in [2.45, 2.75) is 0 Å². The number of aromatic nitrogens is 2. The van der Waals surface area contributed by atoms with E-state index in [4.69, 9.17) is 0 Å². The summed E-state index contributed by atoms with van der Waals surface area (Å²) in [5, 5.41) is 4.99. The SMILES string of the molecule is O=C(Nc1ccc(C(=O)c2ccc3ccccc3c2)cc1)c1ccc2nc[nH]c2c1. The molecule has 0 radical (unpaired) electrons. The van der Waals surface area contributed by atoms with Gasteiger partial charge in [-0.05, 0) is 59.3 Å². The summed E-state index contributed by atoms with van der Waals surface area (Å²) >= 11 is 0. The highest BCUT2D eigenvalue weighted by Crippen LogP contribution is 2.20. The van der Waals surface area contributed by atoms with Crippen molar-refractivity contribution in [1.82, 2.24) is 9.97 Å². The number of hydrogen-bond acceptors (Lipinski definition) is 3. The second-order valence-corrected chi connectivity index (χ2v) is 7.06. The van der Waals surface area contributed by atoms with Gasteiger partial charge >= 0.3 is 0 Å². The zero-order valence-corrected chi connectivity index (χ0v) is 15.9. The Morgan fingerprint density at radius 2 is 1.47 bits per heavy atom. The molecule has 0 aliphatic rings. The van der Waals surface area contributed by atoms with Crippen LogP contribution < -0.4 is 5.32 Å². The average Bonchev–Trinajstić information content (AvgIpc) is 3.27. The maximum atomic E-state index is 12.8. The van der Waals surface area contributed by atoms with Crippen LogP contribution in [-0.2, 0) is 0 Å². The van der Waals surface area contributed by atoms with Gasteiger partial charge in [-0.25, -0.2) is 4.98 Å². The van der Waals surface area contributed by atoms with E-state index in [2.05, 4.69) is 15.3 Å². The van der Waals surface area contributed by atoms with E-state index in [1.807, 2.05) is 42.5 Å². The van der Waals surface area contributed by atoms with Crippen molar-refractivity contribution in [3.05, 3.63) is 108 Å². The Bertz CT molecular complexity index is 1400. The quantitative estimate of drug-likeness (QED) is 0.414. The van der Waals surface area contributed by atoms with Gasteiger partial charge in [-0.3, -0.25) is 9.59 Å². The third-order valence-electron chi connectivity index (χ3n) is 5.10. The maximum absolute atomic E-state index is 12.8. The van der Waals surface area contributed by atoms with E-state index in [-0.39, 0.29) is 11.7 Å². The number of carbonyl (C=O) groups is 2. The number of H-pyrrole nitrogens is 1. The minimum Gasteiger partial charge on any atom is -0.345 e. The lowest BCUT2D eigenvalue weighted by Gasteiger charge is -2.07. The molecule has 0 saturated heterocycles. The fourth-order valence-electron chi connectivity index (χ4n) is 3.48. The maximum Gasteiger partial charge on any atom is 0.255 e. The number of aromatic amines is 1. The van der Waals surface area contributed by atoms with Crippen LogP contribution >= 0.6 is 0 Å². The molecule has 0 saturated carbocycles. The van der Waals surface area contributed by atoms with E-state index in [1.165, 1.54) is 0 Å². The standard InChI is InChI=1S/C25H17N3O2/c29-24(19-6-5-16-3-1-2-4-18(16)13-19)17-7-10-21(11-8-17)28-25(30)20-9-12-22-23(14-20)27-15-26-22/h1-15H,(H,26,27)(H,28,30). The number of carbonyl (C=O) groups excluding carboxylic acids is 2. The Labute approximate surface area is 172 Å². The minimum atomic E-state index is -0.222. The predicted molar refractivity (Wildman–Crippen MR) is 118 cm³/mol. The lowest BCUT2D eigenvalue weighted by molar-refractivity contribution is 0.102. The first-order valence-corrected chi connectivity index (χ1v) is 9.55. The van der Waals surface area contributed by atoms with Crippen molar-refractivity contribution in [1.29, 1.82) is 0 Å². The van der Waals surface area contributed by atoms with E-state index in [0.717, 1.165) is 21.8 Å². The van der Waals surface area contributed by atoms with Gasteiger partial charge in [0.15, 0.2) is 5.78 Å². The summed E-state index contributed by atoms with van der Waals surface area (Å²) in [5.41, 5.74) is 3.98. The van der Waals surface area contributed by atoms with Gasteiger partial charge in [0.05, 0.1) is 17.4 Å². The van der Waals surface area contributed by atoms with Crippen LogP contribution in [0, 0.1) is 0 Å². The van der Waals surface area contributed by atoms with Crippen molar-refractivity contribution < 1.29 is 9.59 Å². The van der Waals surface area contributed by atoms with Crippen LogP contribution in [-0.4, -0.2) is 21.7 Å². The molecule has 1 aromatic heterocycles. The molecule has 0 atom stereocenters. The highest BCUT2D eigenvalue weighted by Gasteiger charge is 2.11. The number of fused-ring (bicyclic) bond motifs is 2. The molecule has 30 heavy (non-hydrogen) atoms. The zero-order valence-electron chi connectivity index (χ0n) is 15.9. The molecule has 5 rings (SSSR count). The Kier molecular flexibility index (Phi) is 4.33. The number of hydrogen-bond donors (Lipinski definition) is 2. The van der Waals surface area contributed by atoms with Crippen molar-refractivity contribution >= 4 is 39.2 Å². The highest BCUT2D eigenvalue weighted by atomic mass is 16.1. The highest BCUT2D eigenvalue weighted by molar-refractivity contribution is 6.11. The van der Waals surface area contributed by atoms with Crippen LogP contribution in [0.1, 0.15) is 26.3 Å². The van der Waals surface area contributed by atoms with Gasteiger partial charge in [-0.1, -0.05) is 36.4 Å². The Morgan fingerprint density at radius 3 is 2.30 bits per heavy atom. The van der Waals surface area contributed by atoms with Gasteiger partial charge in [0, 0.05) is 22.4 Å². The summed E-state index contributed by atoms with van der Waals surface area (Å²) in [5.74, 6) is -0.275. The Hall–Kier alpha value is -4.25. The van der Waals surface area contributed by atoms with Gasteiger partial charge in [-0.2, -0.15) is 0 Å². The summed E-state index contributed by atoms with van der Waals surface area (Å²) in [6, 6.07) is 25.9. The molecule has 0 fully saturated rings. The molecular formula is C25H17N3O2. The molecule has 0 bridgehead atoms. The molecule has 1 heterocycles. The lowest BCUT2D eigenvalue weighted by atomic mass is 10.00. The van der Waals surface area contributed by atoms with Gasteiger partial charge in [0.2, 0.25) is 0 Å². The second-order valence-electron chi connectivity index (χ2n) is 7.06.